The number of hydrogen-bond acceptors (Lipinski definition) is 2. The van der Waals surface area contributed by atoms with Crippen LogP contribution < -0.4 is 9.80 Å². The zero-order valence-electron chi connectivity index (χ0n) is 45.9. The van der Waals surface area contributed by atoms with Crippen molar-refractivity contribution in [3.8, 4) is 0 Å². The van der Waals surface area contributed by atoms with E-state index in [-0.39, 0.29) is 0 Å². The van der Waals surface area contributed by atoms with Gasteiger partial charge in [0.2, 0.25) is 0 Å². The molecule has 0 unspecified atom stereocenters. The van der Waals surface area contributed by atoms with Gasteiger partial charge in [0.15, 0.2) is 0 Å². The molecule has 11 rings (SSSR count). The first-order valence-electron chi connectivity index (χ1n) is 27.5. The zero-order valence-corrected chi connectivity index (χ0v) is 45.9. The molecule has 386 valence electrons. The third kappa shape index (κ3) is 12.5. The van der Waals surface area contributed by atoms with E-state index in [1.807, 2.05) is 0 Å². The summed E-state index contributed by atoms with van der Waals surface area (Å²) in [6.45, 7) is 8.70. The molecule has 0 N–H and O–H groups in total. The van der Waals surface area contributed by atoms with Crippen LogP contribution in [-0.4, -0.2) is 0 Å². The van der Waals surface area contributed by atoms with Crippen LogP contribution in [0.1, 0.15) is 77.9 Å². The van der Waals surface area contributed by atoms with Crippen molar-refractivity contribution in [1.29, 1.82) is 0 Å². The van der Waals surface area contributed by atoms with Crippen LogP contribution in [-0.2, 0) is 0 Å². The van der Waals surface area contributed by atoms with Crippen LogP contribution in [0.25, 0.3) is 47.6 Å². The second-order valence-electron chi connectivity index (χ2n) is 20.5. The van der Waals surface area contributed by atoms with Gasteiger partial charge >= 0.3 is 0 Å². The van der Waals surface area contributed by atoms with Crippen molar-refractivity contribution in [2.45, 2.75) is 27.7 Å². The van der Waals surface area contributed by atoms with Gasteiger partial charge in [-0.1, -0.05) is 254 Å². The highest BCUT2D eigenvalue weighted by Crippen LogP contribution is 2.40. The SMILES string of the molecule is Cc1ccc(N(c2ccc(C=Cc3ccc(C=Cc4ccc(N(c5ccc(C=C(c6ccccc6)c6ccccc6)cc5)c5ccc(C)cc5C)cc4)cc3)cc2)c2ccc(C=C(c3ccccc3)c3ccccc3)cc2)c(C)c1. The zero-order chi connectivity index (χ0) is 54.6. The number of nitrogens with zero attached hydrogens (tertiary/aromatic N) is 2. The molecule has 0 fully saturated rings. The molecule has 2 heteroatoms. The van der Waals surface area contributed by atoms with Crippen LogP contribution in [0.15, 0.2) is 279 Å². The molecule has 0 radical (unpaired) electrons. The van der Waals surface area contributed by atoms with E-state index in [9.17, 15) is 0 Å². The summed E-state index contributed by atoms with van der Waals surface area (Å²) in [5.74, 6) is 0. The van der Waals surface area contributed by atoms with Gasteiger partial charge < -0.3 is 9.80 Å². The second kappa shape index (κ2) is 24.5. The van der Waals surface area contributed by atoms with E-state index in [0.717, 1.165) is 67.5 Å². The van der Waals surface area contributed by atoms with Crippen LogP contribution >= 0.6 is 0 Å². The van der Waals surface area contributed by atoms with E-state index in [0.29, 0.717) is 0 Å². The van der Waals surface area contributed by atoms with Gasteiger partial charge in [0.1, 0.15) is 0 Å². The Balaban J connectivity index is 0.781. The Kier molecular flexibility index (Phi) is 16.0. The van der Waals surface area contributed by atoms with Crippen LogP contribution in [0.3, 0.4) is 0 Å². The van der Waals surface area contributed by atoms with Crippen molar-refractivity contribution in [1.82, 2.24) is 0 Å². The fourth-order valence-electron chi connectivity index (χ4n) is 10.4. The summed E-state index contributed by atoms with van der Waals surface area (Å²) in [5, 5.41) is 0. The highest BCUT2D eigenvalue weighted by atomic mass is 15.1. The van der Waals surface area contributed by atoms with Gasteiger partial charge in [-0.2, -0.15) is 0 Å². The fraction of sp³-hybridized carbons (Fsp3) is 0.0513. The first-order chi connectivity index (χ1) is 39.3. The summed E-state index contributed by atoms with van der Waals surface area (Å²) < 4.78 is 0. The third-order valence-corrected chi connectivity index (χ3v) is 14.6. The third-order valence-electron chi connectivity index (χ3n) is 14.6. The second-order valence-corrected chi connectivity index (χ2v) is 20.5. The molecule has 2 nitrogen and oxygen atoms in total. The van der Waals surface area contributed by atoms with E-state index in [4.69, 9.17) is 0 Å². The maximum absolute atomic E-state index is 2.36. The van der Waals surface area contributed by atoms with Gasteiger partial charge in [-0.15, -0.1) is 0 Å². The summed E-state index contributed by atoms with van der Waals surface area (Å²) in [5.41, 5.74) is 25.7. The van der Waals surface area contributed by atoms with E-state index in [2.05, 4.69) is 353 Å². The molecule has 0 atom stereocenters. The number of rotatable bonds is 16. The van der Waals surface area contributed by atoms with E-state index < -0.39 is 0 Å². The maximum atomic E-state index is 2.36. The molecular weight excluding hydrogens is 965 g/mol. The van der Waals surface area contributed by atoms with Gasteiger partial charge in [0, 0.05) is 34.1 Å². The van der Waals surface area contributed by atoms with Crippen LogP contribution in [0.4, 0.5) is 34.1 Å². The van der Waals surface area contributed by atoms with Gasteiger partial charge in [0.25, 0.3) is 0 Å². The highest BCUT2D eigenvalue weighted by molar-refractivity contribution is 5.93. The van der Waals surface area contributed by atoms with Crippen molar-refractivity contribution in [2.24, 2.45) is 0 Å². The lowest BCUT2D eigenvalue weighted by Gasteiger charge is -2.27. The Labute approximate surface area is 473 Å². The number of benzene rings is 11. The molecule has 0 aliphatic rings. The topological polar surface area (TPSA) is 6.48 Å². The largest absolute Gasteiger partial charge is 0.310 e. The smallest absolute Gasteiger partial charge is 0.0490 e. The van der Waals surface area contributed by atoms with Crippen molar-refractivity contribution in [3.63, 3.8) is 0 Å². The predicted octanol–water partition coefficient (Wildman–Crippen LogP) is 21.4. The lowest BCUT2D eigenvalue weighted by atomic mass is 9.95. The van der Waals surface area contributed by atoms with Gasteiger partial charge in [0.05, 0.1) is 0 Å². The molecule has 80 heavy (non-hydrogen) atoms. The van der Waals surface area contributed by atoms with Crippen LogP contribution in [0.5, 0.6) is 0 Å². The summed E-state index contributed by atoms with van der Waals surface area (Å²) in [6.07, 6.45) is 13.3. The first-order valence-corrected chi connectivity index (χ1v) is 27.5. The molecule has 0 aliphatic carbocycles. The minimum Gasteiger partial charge on any atom is -0.310 e. The minimum atomic E-state index is 1.10. The normalized spacial score (nSPS) is 11.2. The summed E-state index contributed by atoms with van der Waals surface area (Å²) >= 11 is 0. The van der Waals surface area contributed by atoms with Crippen LogP contribution in [0, 0.1) is 27.7 Å². The molecule has 11 aromatic carbocycles. The quantitative estimate of drug-likeness (QED) is 0.0890. The van der Waals surface area contributed by atoms with Crippen molar-refractivity contribution >= 4 is 81.7 Å². The van der Waals surface area contributed by atoms with Crippen molar-refractivity contribution in [3.05, 3.63) is 357 Å². The average Bonchev–Trinajstić information content (AvgIpc) is 3.51. The molecule has 0 amide bonds. The standard InChI is InChI=1S/C78H64N2/c1-57-25-51-77(59(3)53-57)79(73-47-39-65(40-48-73)55-75(67-17-9-5-10-18-67)68-19-11-6-12-20-68)71-43-35-63(36-44-71)33-31-61-27-29-62(30-28-61)32-34-64-37-45-72(46-38-64)80(78-52-26-58(2)54-60(78)4)74-49-41-66(42-50-74)56-76(69-21-13-7-14-22-69)70-23-15-8-16-24-70/h5-56H,1-4H3. The van der Waals surface area contributed by atoms with Crippen LogP contribution in [0.2, 0.25) is 0 Å². The molecule has 0 saturated heterocycles. The Morgan fingerprint density at radius 3 is 0.738 bits per heavy atom. The lowest BCUT2D eigenvalue weighted by Crippen LogP contribution is -2.11. The van der Waals surface area contributed by atoms with Crippen molar-refractivity contribution < 1.29 is 0 Å². The molecule has 0 spiro atoms. The summed E-state index contributed by atoms with van der Waals surface area (Å²) in [6, 6.07) is 100. The number of anilines is 6. The minimum absolute atomic E-state index is 1.10. The molecule has 0 aromatic heterocycles. The lowest BCUT2D eigenvalue weighted by molar-refractivity contribution is 1.24. The average molecular weight is 1030 g/mol. The monoisotopic (exact) mass is 1030 g/mol. The molecule has 0 saturated carbocycles. The number of aryl methyl sites for hydroxylation is 4. The highest BCUT2D eigenvalue weighted by Gasteiger charge is 2.17. The van der Waals surface area contributed by atoms with E-state index >= 15 is 0 Å². The summed E-state index contributed by atoms with van der Waals surface area (Å²) in [7, 11) is 0. The van der Waals surface area contributed by atoms with Gasteiger partial charge in [-0.25, -0.2) is 0 Å². The Morgan fingerprint density at radius 1 is 0.250 bits per heavy atom. The molecule has 0 heterocycles. The van der Waals surface area contributed by atoms with Gasteiger partial charge in [-0.3, -0.25) is 0 Å². The molecule has 0 aliphatic heterocycles. The molecule has 11 aromatic rings. The predicted molar refractivity (Wildman–Crippen MR) is 345 cm³/mol. The van der Waals surface area contributed by atoms with E-state index in [1.54, 1.807) is 0 Å². The number of hydrogen-bond donors (Lipinski definition) is 0. The first kappa shape index (κ1) is 52.1. The maximum Gasteiger partial charge on any atom is 0.0490 e. The summed E-state index contributed by atoms with van der Waals surface area (Å²) in [4.78, 5) is 4.72. The van der Waals surface area contributed by atoms with E-state index in [1.165, 1.54) is 55.7 Å². The van der Waals surface area contributed by atoms with Crippen molar-refractivity contribution in [2.75, 3.05) is 9.80 Å². The Morgan fingerprint density at radius 2 is 0.487 bits per heavy atom. The molecule has 0 bridgehead atoms. The Bertz CT molecular complexity index is 3600. The fourth-order valence-corrected chi connectivity index (χ4v) is 10.4. The Hall–Kier alpha value is -10.0. The van der Waals surface area contributed by atoms with Gasteiger partial charge in [-0.05, 0) is 178 Å². The molecular formula is C78H64N2.